The van der Waals surface area contributed by atoms with Gasteiger partial charge in [-0.25, -0.2) is 31.8 Å². The van der Waals surface area contributed by atoms with E-state index < -0.39 is 27.0 Å². The van der Waals surface area contributed by atoms with Gasteiger partial charge in [0.05, 0.1) is 31.4 Å². The Labute approximate surface area is 179 Å². The molecule has 31 heavy (non-hydrogen) atoms. The van der Waals surface area contributed by atoms with E-state index >= 15 is 0 Å². The minimum Gasteiger partial charge on any atom is -0.490 e. The summed E-state index contributed by atoms with van der Waals surface area (Å²) >= 11 is 0. The lowest BCUT2D eigenvalue weighted by Crippen LogP contribution is -2.28. The van der Waals surface area contributed by atoms with Crippen molar-refractivity contribution in [1.29, 1.82) is 0 Å². The van der Waals surface area contributed by atoms with Gasteiger partial charge in [0, 0.05) is 6.54 Å². The fourth-order valence-electron chi connectivity index (χ4n) is 3.78. The van der Waals surface area contributed by atoms with Gasteiger partial charge in [-0.15, -0.1) is 0 Å². The maximum atomic E-state index is 14.0. The summed E-state index contributed by atoms with van der Waals surface area (Å²) in [6.07, 6.45) is 2.60. The van der Waals surface area contributed by atoms with E-state index in [4.69, 9.17) is 4.74 Å². The van der Waals surface area contributed by atoms with Crippen molar-refractivity contribution in [2.24, 2.45) is 5.92 Å². The lowest BCUT2D eigenvalue weighted by Gasteiger charge is -2.16. The number of aromatic amines is 1. The number of halogens is 1. The molecule has 1 aliphatic carbocycles. The Morgan fingerprint density at radius 1 is 1.19 bits per heavy atom. The van der Waals surface area contributed by atoms with Gasteiger partial charge in [-0.05, 0) is 48.8 Å². The van der Waals surface area contributed by atoms with Crippen molar-refractivity contribution in [2.75, 3.05) is 24.7 Å². The minimum atomic E-state index is -3.33. The number of ether oxygens (including phenoxy) is 1. The van der Waals surface area contributed by atoms with Crippen LogP contribution in [0, 0.1) is 11.7 Å². The van der Waals surface area contributed by atoms with Crippen LogP contribution < -0.4 is 16.1 Å². The van der Waals surface area contributed by atoms with Gasteiger partial charge in [0.2, 0.25) is 0 Å². The molecule has 11 heteroatoms. The molecule has 1 aliphatic heterocycles. The van der Waals surface area contributed by atoms with E-state index in [1.54, 1.807) is 12.1 Å². The van der Waals surface area contributed by atoms with Gasteiger partial charge in [0.15, 0.2) is 21.4 Å². The number of rotatable bonds is 10. The summed E-state index contributed by atoms with van der Waals surface area (Å²) in [6, 6.07) is 4.53. The van der Waals surface area contributed by atoms with Crippen molar-refractivity contribution < 1.29 is 17.5 Å². The standard InChI is InChI=1S/C20H27FN4O5S/c1-14(16-5-6-17(21)18(9-16)30-10-15-3-4-15)11-31(28,29)8-2-7-23-12-24-19(26)22-20(27)25(24)13-23/h5-6,9,14-15H,2-4,7-8,10-13H2,1H3,(H,22,26,27)/t14-/m0/s1. The highest BCUT2D eigenvalue weighted by Gasteiger charge is 2.25. The van der Waals surface area contributed by atoms with Crippen molar-refractivity contribution >= 4 is 9.84 Å². The first-order chi connectivity index (χ1) is 14.7. The smallest absolute Gasteiger partial charge is 0.345 e. The quantitative estimate of drug-likeness (QED) is 0.576. The molecule has 1 N–H and O–H groups in total. The summed E-state index contributed by atoms with van der Waals surface area (Å²) in [4.78, 5) is 27.3. The zero-order valence-electron chi connectivity index (χ0n) is 17.4. The Morgan fingerprint density at radius 3 is 2.52 bits per heavy atom. The summed E-state index contributed by atoms with van der Waals surface area (Å²) in [5, 5.41) is 0. The van der Waals surface area contributed by atoms with Crippen LogP contribution in [-0.2, 0) is 23.2 Å². The maximum absolute atomic E-state index is 14.0. The third-order valence-corrected chi connectivity index (χ3v) is 7.69. The summed E-state index contributed by atoms with van der Waals surface area (Å²) in [6.45, 7) is 3.27. The number of fused-ring (bicyclic) bond motifs is 1. The zero-order chi connectivity index (χ0) is 22.2. The largest absolute Gasteiger partial charge is 0.490 e. The molecule has 9 nitrogen and oxygen atoms in total. The third kappa shape index (κ3) is 5.27. The first kappa shape index (κ1) is 21.8. The van der Waals surface area contributed by atoms with Gasteiger partial charge in [-0.2, -0.15) is 0 Å². The van der Waals surface area contributed by atoms with Crippen LogP contribution >= 0.6 is 0 Å². The van der Waals surface area contributed by atoms with E-state index in [1.807, 2.05) is 11.8 Å². The van der Waals surface area contributed by atoms with Gasteiger partial charge < -0.3 is 4.74 Å². The van der Waals surface area contributed by atoms with E-state index in [2.05, 4.69) is 4.98 Å². The van der Waals surface area contributed by atoms with E-state index in [9.17, 15) is 22.4 Å². The van der Waals surface area contributed by atoms with Gasteiger partial charge in [-0.3, -0.25) is 9.88 Å². The lowest BCUT2D eigenvalue weighted by atomic mass is 10.0. The minimum absolute atomic E-state index is 0.000213. The molecule has 4 rings (SSSR count). The Hall–Kier alpha value is -2.40. The third-order valence-electron chi connectivity index (χ3n) is 5.77. The van der Waals surface area contributed by atoms with Crippen LogP contribution in [0.2, 0.25) is 0 Å². The molecule has 1 fully saturated rings. The Kier molecular flexibility index (Phi) is 6.07. The number of aromatic nitrogens is 3. The number of hydrogen-bond acceptors (Lipinski definition) is 6. The number of sulfone groups is 1. The second kappa shape index (κ2) is 8.62. The average molecular weight is 455 g/mol. The number of nitrogens with zero attached hydrogens (tertiary/aromatic N) is 3. The van der Waals surface area contributed by atoms with Gasteiger partial charge in [-0.1, -0.05) is 13.0 Å². The Balaban J connectivity index is 1.28. The number of H-pyrrole nitrogens is 1. The van der Waals surface area contributed by atoms with E-state index in [0.29, 0.717) is 25.5 Å². The Morgan fingerprint density at radius 2 is 1.87 bits per heavy atom. The fraction of sp³-hybridized carbons (Fsp3) is 0.600. The highest BCUT2D eigenvalue weighted by Crippen LogP contribution is 2.31. The first-order valence-electron chi connectivity index (χ1n) is 10.5. The number of benzene rings is 1. The summed E-state index contributed by atoms with van der Waals surface area (Å²) in [7, 11) is -3.33. The molecular weight excluding hydrogens is 427 g/mol. The summed E-state index contributed by atoms with van der Waals surface area (Å²) in [5.41, 5.74) is -0.198. The fourth-order valence-corrected chi connectivity index (χ4v) is 5.47. The summed E-state index contributed by atoms with van der Waals surface area (Å²) < 4.78 is 47.4. The van der Waals surface area contributed by atoms with Crippen LogP contribution in [-0.4, -0.2) is 52.3 Å². The second-order valence-corrected chi connectivity index (χ2v) is 10.8. The highest BCUT2D eigenvalue weighted by molar-refractivity contribution is 7.91. The molecule has 170 valence electrons. The lowest BCUT2D eigenvalue weighted by molar-refractivity contribution is 0.243. The molecule has 1 atom stereocenters. The predicted molar refractivity (Wildman–Crippen MR) is 112 cm³/mol. The summed E-state index contributed by atoms with van der Waals surface area (Å²) in [5.74, 6) is -0.0963. The van der Waals surface area contributed by atoms with Crippen LogP contribution in [0.3, 0.4) is 0 Å². The molecule has 0 unspecified atom stereocenters. The molecule has 2 heterocycles. The monoisotopic (exact) mass is 454 g/mol. The molecule has 0 amide bonds. The number of hydrogen-bond donors (Lipinski definition) is 1. The Bertz CT molecular complexity index is 1130. The van der Waals surface area contributed by atoms with Crippen molar-refractivity contribution in [1.82, 2.24) is 19.2 Å². The van der Waals surface area contributed by atoms with Crippen LogP contribution in [0.25, 0.3) is 0 Å². The maximum Gasteiger partial charge on any atom is 0.345 e. The van der Waals surface area contributed by atoms with Gasteiger partial charge in [0.25, 0.3) is 0 Å². The predicted octanol–water partition coefficient (Wildman–Crippen LogP) is 1.11. The topological polar surface area (TPSA) is 106 Å². The molecule has 1 aromatic heterocycles. The van der Waals surface area contributed by atoms with E-state index in [-0.39, 0.29) is 36.5 Å². The molecule has 0 saturated heterocycles. The van der Waals surface area contributed by atoms with E-state index in [0.717, 1.165) is 18.4 Å². The molecular formula is C20H27FN4O5S. The molecule has 1 saturated carbocycles. The average Bonchev–Trinajstić information content (AvgIpc) is 3.37. The van der Waals surface area contributed by atoms with Crippen molar-refractivity contribution in [2.45, 2.75) is 45.4 Å². The van der Waals surface area contributed by atoms with Crippen LogP contribution in [0.5, 0.6) is 5.75 Å². The SMILES string of the molecule is C[C@@H](CS(=O)(=O)CCCN1Cn2c(=O)[nH]c(=O)n2C1)c1ccc(F)c(OCC2CC2)c1. The van der Waals surface area contributed by atoms with Crippen molar-refractivity contribution in [3.05, 3.63) is 50.5 Å². The highest BCUT2D eigenvalue weighted by atomic mass is 32.2. The van der Waals surface area contributed by atoms with Crippen LogP contribution in [0.15, 0.2) is 27.8 Å². The second-order valence-electron chi connectivity index (χ2n) is 8.52. The van der Waals surface area contributed by atoms with Crippen LogP contribution in [0.1, 0.15) is 37.7 Å². The van der Waals surface area contributed by atoms with Crippen LogP contribution in [0.4, 0.5) is 4.39 Å². The molecule has 2 aliphatic rings. The van der Waals surface area contributed by atoms with Crippen molar-refractivity contribution in [3.63, 3.8) is 0 Å². The van der Waals surface area contributed by atoms with Gasteiger partial charge in [0.1, 0.15) is 0 Å². The molecule has 2 aromatic rings. The van der Waals surface area contributed by atoms with Crippen molar-refractivity contribution in [3.8, 4) is 5.75 Å². The zero-order valence-corrected chi connectivity index (χ0v) is 18.2. The molecule has 0 spiro atoms. The van der Waals surface area contributed by atoms with E-state index in [1.165, 1.54) is 15.4 Å². The molecule has 0 bridgehead atoms. The normalized spacial score (nSPS) is 17.6. The molecule has 1 aromatic carbocycles. The van der Waals surface area contributed by atoms with Gasteiger partial charge >= 0.3 is 11.4 Å². The number of nitrogens with one attached hydrogen (secondary N) is 1. The molecule has 0 radical (unpaired) electrons. The first-order valence-corrected chi connectivity index (χ1v) is 12.3.